The van der Waals surface area contributed by atoms with Crippen molar-refractivity contribution in [3.63, 3.8) is 0 Å². The zero-order chi connectivity index (χ0) is 47.0. The lowest BCUT2D eigenvalue weighted by Gasteiger charge is -2.35. The number of unbranched alkanes of at least 4 members (excludes halogenated alkanes) is 4. The van der Waals surface area contributed by atoms with E-state index in [0.29, 0.717) is 24.4 Å². The number of ether oxygens (including phenoxy) is 3. The van der Waals surface area contributed by atoms with Crippen LogP contribution in [0.1, 0.15) is 108 Å². The lowest BCUT2D eigenvalue weighted by atomic mass is 9.98. The van der Waals surface area contributed by atoms with Gasteiger partial charge in [-0.25, -0.2) is 32.6 Å². The highest BCUT2D eigenvalue weighted by Crippen LogP contribution is 2.37. The molecular formula is C49H64N4O11S2. The fourth-order valence-electron chi connectivity index (χ4n) is 8.47. The van der Waals surface area contributed by atoms with Crippen molar-refractivity contribution in [3.8, 4) is 22.5 Å². The maximum absolute atomic E-state index is 13.8. The summed E-state index contributed by atoms with van der Waals surface area (Å²) in [4.78, 5) is 39.7. The molecule has 0 bridgehead atoms. The maximum Gasteiger partial charge on any atom is 0.265 e. The van der Waals surface area contributed by atoms with Crippen LogP contribution in [0.3, 0.4) is 0 Å². The quantitative estimate of drug-likeness (QED) is 0.0497. The number of nitrogens with zero attached hydrogens (tertiary/aromatic N) is 2. The van der Waals surface area contributed by atoms with Crippen LogP contribution in [0.4, 0.5) is 0 Å². The number of nitrogens with one attached hydrogen (secondary N) is 2. The van der Waals surface area contributed by atoms with Crippen molar-refractivity contribution < 1.29 is 50.7 Å². The van der Waals surface area contributed by atoms with Crippen molar-refractivity contribution in [2.45, 2.75) is 136 Å². The van der Waals surface area contributed by atoms with Crippen LogP contribution >= 0.6 is 0 Å². The summed E-state index contributed by atoms with van der Waals surface area (Å²) in [5.74, 6) is -1.63. The topological polar surface area (TPSA) is 209 Å². The van der Waals surface area contributed by atoms with Crippen LogP contribution < -0.4 is 11.0 Å². The molecule has 0 aliphatic carbocycles. The number of carbonyl (C=O) groups excluding carboxylic acids is 2. The van der Waals surface area contributed by atoms with Crippen LogP contribution in [0, 0.1) is 0 Å². The second-order valence-electron chi connectivity index (χ2n) is 17.1. The molecule has 0 radical (unpaired) electrons. The summed E-state index contributed by atoms with van der Waals surface area (Å²) in [6, 6.07) is 22.6. The number of pyridine rings is 2. The molecule has 3 aliphatic heterocycles. The Labute approximate surface area is 389 Å². The third kappa shape index (κ3) is 11.9. The number of hydrogen-bond donors (Lipinski definition) is 3. The number of amides is 2. The number of sulfone groups is 2. The standard InChI is InChI=1S/C27H36N2O6S.C22H28N2O5S/c1-2-3-4-7-21-9-11-22(12-10-21)24-14-13-23(20-28-24)36(31,32)27(15-18-33-19-16-27)26(30)29-35-25-8-5-6-17-34-25;1-2-3-4-5-17-6-8-18(9-7-17)20-11-10-19(16-23-20)30(27,28)22(21(25)24-26)12-14-29-15-13-22/h9-14,20,25H,2-8,15-19H2,1H3,(H,29,30);6-11,16,26H,2-5,12-15H2,1H3,(H,24,25). The number of aromatic nitrogens is 2. The van der Waals surface area contributed by atoms with Gasteiger partial charge in [0.25, 0.3) is 11.8 Å². The van der Waals surface area contributed by atoms with E-state index in [0.717, 1.165) is 43.2 Å². The molecule has 3 N–H and O–H groups in total. The molecule has 15 nitrogen and oxygen atoms in total. The summed E-state index contributed by atoms with van der Waals surface area (Å²) in [5.41, 5.74) is 9.58. The van der Waals surface area contributed by atoms with Gasteiger partial charge in [-0.2, -0.15) is 0 Å². The third-order valence-corrected chi connectivity index (χ3v) is 17.7. The molecule has 2 aromatic heterocycles. The second kappa shape index (κ2) is 23.9. The Morgan fingerprint density at radius 1 is 0.636 bits per heavy atom. The first-order valence-electron chi connectivity index (χ1n) is 23.2. The zero-order valence-corrected chi connectivity index (χ0v) is 39.7. The van der Waals surface area contributed by atoms with Crippen molar-refractivity contribution in [1.82, 2.24) is 20.9 Å². The Morgan fingerprint density at radius 3 is 1.47 bits per heavy atom. The van der Waals surface area contributed by atoms with Crippen LogP contribution in [0.15, 0.2) is 95.0 Å². The van der Waals surface area contributed by atoms with Crippen LogP contribution in [0.2, 0.25) is 0 Å². The van der Waals surface area contributed by atoms with Gasteiger partial charge in [0, 0.05) is 63.0 Å². The summed E-state index contributed by atoms with van der Waals surface area (Å²) < 4.78 is 66.7. The molecule has 4 aromatic rings. The average Bonchev–Trinajstić information content (AvgIpc) is 3.37. The van der Waals surface area contributed by atoms with Gasteiger partial charge < -0.3 is 14.2 Å². The van der Waals surface area contributed by atoms with Gasteiger partial charge in [0.15, 0.2) is 35.5 Å². The smallest absolute Gasteiger partial charge is 0.265 e. The van der Waals surface area contributed by atoms with Gasteiger partial charge in [-0.05, 0) is 99.6 Å². The number of rotatable bonds is 18. The molecule has 1 unspecified atom stereocenters. The van der Waals surface area contributed by atoms with Crippen molar-refractivity contribution in [2.24, 2.45) is 0 Å². The van der Waals surface area contributed by atoms with E-state index in [-0.39, 0.29) is 61.9 Å². The Hall–Kier alpha value is -4.62. The van der Waals surface area contributed by atoms with Crippen molar-refractivity contribution in [1.29, 1.82) is 0 Å². The van der Waals surface area contributed by atoms with Gasteiger partial charge in [0.2, 0.25) is 0 Å². The van der Waals surface area contributed by atoms with Crippen molar-refractivity contribution in [3.05, 3.63) is 96.3 Å². The molecule has 2 aromatic carbocycles. The minimum absolute atomic E-state index is 0.00778. The molecule has 3 saturated heterocycles. The molecule has 358 valence electrons. The molecule has 3 fully saturated rings. The van der Waals surface area contributed by atoms with Crippen LogP contribution in [-0.4, -0.2) is 92.6 Å². The van der Waals surface area contributed by atoms with Crippen LogP contribution in [0.5, 0.6) is 0 Å². The van der Waals surface area contributed by atoms with Crippen LogP contribution in [-0.2, 0) is 61.2 Å². The molecule has 0 saturated carbocycles. The molecule has 2 amide bonds. The van der Waals surface area contributed by atoms with E-state index in [1.165, 1.54) is 73.2 Å². The number of aryl methyl sites for hydroxylation is 2. The highest BCUT2D eigenvalue weighted by Gasteiger charge is 2.54. The monoisotopic (exact) mass is 948 g/mol. The summed E-state index contributed by atoms with van der Waals surface area (Å²) in [6.07, 6.45) is 13.8. The maximum atomic E-state index is 13.8. The van der Waals surface area contributed by atoms with Gasteiger partial charge in [-0.1, -0.05) is 88.1 Å². The Balaban J connectivity index is 0.000000222. The van der Waals surface area contributed by atoms with E-state index in [1.54, 1.807) is 12.1 Å². The predicted octanol–water partition coefficient (Wildman–Crippen LogP) is 7.69. The summed E-state index contributed by atoms with van der Waals surface area (Å²) in [7, 11) is -8.14. The van der Waals surface area contributed by atoms with Crippen molar-refractivity contribution >= 4 is 31.5 Å². The molecule has 3 aliphatic rings. The fourth-order valence-corrected chi connectivity index (χ4v) is 12.2. The number of hydroxylamine groups is 2. The first-order valence-corrected chi connectivity index (χ1v) is 26.1. The van der Waals surface area contributed by atoms with Crippen LogP contribution in [0.25, 0.3) is 22.5 Å². The summed E-state index contributed by atoms with van der Waals surface area (Å²) in [6.45, 7) is 5.52. The lowest BCUT2D eigenvalue weighted by Crippen LogP contribution is -2.56. The minimum Gasteiger partial charge on any atom is -0.381 e. The van der Waals surface area contributed by atoms with Gasteiger partial charge in [0.1, 0.15) is 0 Å². The molecule has 0 spiro atoms. The van der Waals surface area contributed by atoms with Crippen molar-refractivity contribution in [2.75, 3.05) is 33.0 Å². The highest BCUT2D eigenvalue weighted by atomic mass is 32.2. The fraction of sp³-hybridized carbons (Fsp3) is 0.510. The zero-order valence-electron chi connectivity index (χ0n) is 38.0. The van der Waals surface area contributed by atoms with E-state index < -0.39 is 47.3 Å². The molecule has 7 rings (SSSR count). The normalized spacial score (nSPS) is 18.3. The first-order chi connectivity index (χ1) is 31.9. The SMILES string of the molecule is CCCCCc1ccc(-c2ccc(S(=O)(=O)C3(C(=O)NO)CCOCC3)cn2)cc1.CCCCCc1ccc(-c2ccc(S(=O)(=O)C3(C(=O)NOC4CCCCO4)CCOCC3)cn2)cc1. The molecule has 66 heavy (non-hydrogen) atoms. The summed E-state index contributed by atoms with van der Waals surface area (Å²) in [5, 5.41) is 9.13. The third-order valence-electron chi connectivity index (χ3n) is 12.7. The molecular weight excluding hydrogens is 885 g/mol. The van der Waals surface area contributed by atoms with E-state index in [4.69, 9.17) is 24.3 Å². The van der Waals surface area contributed by atoms with Gasteiger partial charge in [0.05, 0.1) is 21.2 Å². The van der Waals surface area contributed by atoms with Gasteiger partial charge in [-0.3, -0.25) is 24.8 Å². The minimum atomic E-state index is -4.07. The van der Waals surface area contributed by atoms with E-state index in [1.807, 2.05) is 24.3 Å². The van der Waals surface area contributed by atoms with E-state index in [9.17, 15) is 26.4 Å². The average molecular weight is 949 g/mol. The Kier molecular flexibility index (Phi) is 18.4. The second-order valence-corrected chi connectivity index (χ2v) is 21.6. The largest absolute Gasteiger partial charge is 0.381 e. The van der Waals surface area contributed by atoms with E-state index >= 15 is 0 Å². The number of benzene rings is 2. The van der Waals surface area contributed by atoms with Gasteiger partial charge in [-0.15, -0.1) is 0 Å². The first kappa shape index (κ1) is 50.8. The number of hydrogen-bond acceptors (Lipinski definition) is 13. The predicted molar refractivity (Wildman–Crippen MR) is 248 cm³/mol. The molecule has 5 heterocycles. The van der Waals surface area contributed by atoms with E-state index in [2.05, 4.69) is 53.6 Å². The number of carbonyl (C=O) groups is 2. The Morgan fingerprint density at radius 2 is 1.09 bits per heavy atom. The van der Waals surface area contributed by atoms with Gasteiger partial charge >= 0.3 is 0 Å². The highest BCUT2D eigenvalue weighted by molar-refractivity contribution is 7.94. The molecule has 17 heteroatoms. The molecule has 1 atom stereocenters. The summed E-state index contributed by atoms with van der Waals surface area (Å²) >= 11 is 0. The lowest BCUT2D eigenvalue weighted by molar-refractivity contribution is -0.202. The Bertz CT molecular complexity index is 2380.